The second-order valence-corrected chi connectivity index (χ2v) is 8.22. The third kappa shape index (κ3) is 2.02. The fraction of sp³-hybridized carbons (Fsp3) is 0.600. The van der Waals surface area contributed by atoms with Gasteiger partial charge in [0.05, 0.1) is 23.8 Å². The van der Waals surface area contributed by atoms with Gasteiger partial charge in [0.15, 0.2) is 17.6 Å². The first-order chi connectivity index (χ1) is 13.4. The molecule has 1 aromatic rings. The number of ether oxygens (including phenoxy) is 2. The monoisotopic (exact) mass is 388 g/mol. The Balaban J connectivity index is 1.69. The summed E-state index contributed by atoms with van der Waals surface area (Å²) in [6.07, 6.45) is 2.04. The number of oxime groups is 1. The smallest absolute Gasteiger partial charge is 0.344 e. The van der Waals surface area contributed by atoms with E-state index in [1.807, 2.05) is 6.07 Å². The molecule has 2 fully saturated rings. The third-order valence-electron chi connectivity index (χ3n) is 7.12. The number of likely N-dealkylation sites (tertiary alicyclic amines) is 1. The molecule has 1 saturated carbocycles. The van der Waals surface area contributed by atoms with E-state index in [2.05, 4.69) is 23.2 Å². The van der Waals surface area contributed by atoms with E-state index in [9.17, 15) is 9.90 Å². The van der Waals surface area contributed by atoms with Crippen LogP contribution in [0.5, 0.6) is 11.5 Å². The van der Waals surface area contributed by atoms with Crippen molar-refractivity contribution in [2.24, 2.45) is 5.16 Å². The van der Waals surface area contributed by atoms with Crippen molar-refractivity contribution in [1.82, 2.24) is 4.90 Å². The van der Waals surface area contributed by atoms with Gasteiger partial charge in [0.1, 0.15) is 0 Å². The Labute approximate surface area is 162 Å². The van der Waals surface area contributed by atoms with Crippen molar-refractivity contribution >= 4 is 11.7 Å². The molecule has 8 nitrogen and oxygen atoms in total. The number of nitrogens with zero attached hydrogens (tertiary/aromatic N) is 2. The first-order valence-corrected chi connectivity index (χ1v) is 9.62. The fourth-order valence-corrected chi connectivity index (χ4v) is 5.97. The fourth-order valence-electron chi connectivity index (χ4n) is 5.97. The predicted octanol–water partition coefficient (Wildman–Crippen LogP) is 0.936. The zero-order valence-corrected chi connectivity index (χ0v) is 16.0. The van der Waals surface area contributed by atoms with Gasteiger partial charge in [-0.2, -0.15) is 0 Å². The predicted molar refractivity (Wildman–Crippen MR) is 99.0 cm³/mol. The molecule has 2 N–H and O–H groups in total. The van der Waals surface area contributed by atoms with Crippen molar-refractivity contribution in [1.29, 1.82) is 0 Å². The maximum absolute atomic E-state index is 12.0. The van der Waals surface area contributed by atoms with Crippen molar-refractivity contribution in [2.45, 2.75) is 48.8 Å². The second kappa shape index (κ2) is 5.84. The lowest BCUT2D eigenvalue weighted by Gasteiger charge is -2.62. The molecule has 1 unspecified atom stereocenters. The number of carboxylic acids is 1. The molecule has 1 spiro atoms. The largest absolute Gasteiger partial charge is 0.493 e. The third-order valence-corrected chi connectivity index (χ3v) is 7.12. The Morgan fingerprint density at radius 1 is 1.43 bits per heavy atom. The molecule has 0 radical (unpaired) electrons. The van der Waals surface area contributed by atoms with E-state index in [4.69, 9.17) is 19.4 Å². The van der Waals surface area contributed by atoms with E-state index in [0.29, 0.717) is 30.1 Å². The lowest BCUT2D eigenvalue weighted by atomic mass is 9.49. The van der Waals surface area contributed by atoms with E-state index in [0.717, 1.165) is 24.9 Å². The molecular formula is C20H24N2O6. The van der Waals surface area contributed by atoms with Gasteiger partial charge in [0, 0.05) is 11.6 Å². The molecule has 8 heteroatoms. The van der Waals surface area contributed by atoms with E-state index in [1.54, 1.807) is 7.11 Å². The van der Waals surface area contributed by atoms with Crippen LogP contribution in [-0.2, 0) is 21.5 Å². The molecule has 2 bridgehead atoms. The normalized spacial score (nSPS) is 36.6. The highest BCUT2D eigenvalue weighted by molar-refractivity contribution is 5.94. The molecule has 2 aliphatic carbocycles. The van der Waals surface area contributed by atoms with Crippen molar-refractivity contribution < 1.29 is 29.3 Å². The standard InChI is InChI=1S/C20H24N2O6/c1-22-8-7-19-16-11-3-4-13(26-2)17(16)28-18(19)12(21-27-10-15(23)24)5-6-20(19,25)14(22)9-11/h3-4,14,18,25H,5-10H2,1-2H3,(H,23,24)/t14-,18+,19+,20?/m1/s1. The van der Waals surface area contributed by atoms with Crippen molar-refractivity contribution in [2.75, 3.05) is 27.3 Å². The Morgan fingerprint density at radius 2 is 2.25 bits per heavy atom. The number of carboxylic acid groups (broad SMARTS) is 1. The molecule has 2 aliphatic heterocycles. The first kappa shape index (κ1) is 17.8. The summed E-state index contributed by atoms with van der Waals surface area (Å²) in [7, 11) is 3.67. The van der Waals surface area contributed by atoms with Gasteiger partial charge in [-0.15, -0.1) is 0 Å². The van der Waals surface area contributed by atoms with E-state index < -0.39 is 29.7 Å². The number of hydrogen-bond acceptors (Lipinski definition) is 7. The van der Waals surface area contributed by atoms with Crippen LogP contribution in [-0.4, -0.2) is 71.8 Å². The van der Waals surface area contributed by atoms with Crippen LogP contribution in [0.1, 0.15) is 30.4 Å². The van der Waals surface area contributed by atoms with Crippen LogP contribution in [0.25, 0.3) is 0 Å². The summed E-state index contributed by atoms with van der Waals surface area (Å²) in [6.45, 7) is 0.340. The Morgan fingerprint density at radius 3 is 3.00 bits per heavy atom. The van der Waals surface area contributed by atoms with E-state index >= 15 is 0 Å². The molecule has 1 saturated heterocycles. The summed E-state index contributed by atoms with van der Waals surface area (Å²) in [5, 5.41) is 25.0. The highest BCUT2D eigenvalue weighted by Gasteiger charge is 2.72. The highest BCUT2D eigenvalue weighted by atomic mass is 16.6. The first-order valence-electron chi connectivity index (χ1n) is 9.62. The topological polar surface area (TPSA) is 101 Å². The van der Waals surface area contributed by atoms with Crippen LogP contribution in [0.2, 0.25) is 0 Å². The summed E-state index contributed by atoms with van der Waals surface area (Å²) in [5.74, 6) is 0.249. The Kier molecular flexibility index (Phi) is 3.70. The van der Waals surface area contributed by atoms with Crippen LogP contribution in [0.15, 0.2) is 17.3 Å². The molecule has 150 valence electrons. The van der Waals surface area contributed by atoms with Gasteiger partial charge in [0.25, 0.3) is 0 Å². The molecule has 4 atom stereocenters. The van der Waals surface area contributed by atoms with Gasteiger partial charge >= 0.3 is 5.97 Å². The molecule has 5 rings (SSSR count). The quantitative estimate of drug-likeness (QED) is 0.740. The maximum Gasteiger partial charge on any atom is 0.344 e. The zero-order chi connectivity index (χ0) is 19.7. The minimum Gasteiger partial charge on any atom is -0.493 e. The number of carbonyl (C=O) groups is 1. The molecular weight excluding hydrogens is 364 g/mol. The van der Waals surface area contributed by atoms with Gasteiger partial charge in [-0.1, -0.05) is 11.2 Å². The summed E-state index contributed by atoms with van der Waals surface area (Å²) in [6, 6.07) is 3.99. The summed E-state index contributed by atoms with van der Waals surface area (Å²) >= 11 is 0. The number of aliphatic carboxylic acids is 1. The number of piperidine rings is 1. The van der Waals surface area contributed by atoms with Crippen molar-refractivity contribution in [3.05, 3.63) is 23.3 Å². The molecule has 4 aliphatic rings. The molecule has 1 aromatic carbocycles. The van der Waals surface area contributed by atoms with Gasteiger partial charge < -0.3 is 29.4 Å². The lowest BCUT2D eigenvalue weighted by molar-refractivity contribution is -0.161. The summed E-state index contributed by atoms with van der Waals surface area (Å²) in [4.78, 5) is 18.1. The van der Waals surface area contributed by atoms with E-state index in [1.165, 1.54) is 5.56 Å². The highest BCUT2D eigenvalue weighted by Crippen LogP contribution is 2.64. The molecule has 0 aromatic heterocycles. The minimum atomic E-state index is -1.08. The summed E-state index contributed by atoms with van der Waals surface area (Å²) < 4.78 is 12.0. The van der Waals surface area contributed by atoms with Crippen LogP contribution >= 0.6 is 0 Å². The number of benzene rings is 1. The zero-order valence-electron chi connectivity index (χ0n) is 16.0. The summed E-state index contributed by atoms with van der Waals surface area (Å²) in [5.41, 5.74) is 1.30. The average Bonchev–Trinajstić information content (AvgIpc) is 3.01. The van der Waals surface area contributed by atoms with Crippen LogP contribution in [0.4, 0.5) is 0 Å². The number of likely N-dealkylation sites (N-methyl/N-ethyl adjacent to an activating group) is 1. The molecule has 28 heavy (non-hydrogen) atoms. The minimum absolute atomic E-state index is 0.000632. The Bertz CT molecular complexity index is 886. The van der Waals surface area contributed by atoms with Gasteiger partial charge in [-0.3, -0.25) is 0 Å². The lowest BCUT2D eigenvalue weighted by Crippen LogP contribution is -2.76. The van der Waals surface area contributed by atoms with E-state index in [-0.39, 0.29) is 6.04 Å². The maximum atomic E-state index is 12.0. The number of methoxy groups -OCH3 is 1. The van der Waals surface area contributed by atoms with Crippen molar-refractivity contribution in [3.8, 4) is 11.5 Å². The number of aliphatic hydroxyl groups is 1. The SMILES string of the molecule is COc1ccc2c3c1O[C@H]1C(=NOCC(=O)O)CCC4(O)[C@@H](C2)N(C)CC[C@]314. The second-order valence-electron chi connectivity index (χ2n) is 8.22. The number of rotatable bonds is 4. The van der Waals surface area contributed by atoms with Crippen LogP contribution in [0.3, 0.4) is 0 Å². The Hall–Kier alpha value is -2.32. The van der Waals surface area contributed by atoms with Gasteiger partial charge in [0.2, 0.25) is 6.61 Å². The van der Waals surface area contributed by atoms with Crippen LogP contribution < -0.4 is 9.47 Å². The molecule has 2 heterocycles. The van der Waals surface area contributed by atoms with Gasteiger partial charge in [-0.05, 0) is 50.9 Å². The van der Waals surface area contributed by atoms with Crippen LogP contribution in [0, 0.1) is 0 Å². The van der Waals surface area contributed by atoms with Gasteiger partial charge in [-0.25, -0.2) is 4.79 Å². The van der Waals surface area contributed by atoms with Crippen molar-refractivity contribution in [3.63, 3.8) is 0 Å². The molecule has 0 amide bonds. The number of hydrogen-bond donors (Lipinski definition) is 2. The average molecular weight is 388 g/mol.